The Bertz CT molecular complexity index is 422. The number of nitrogens with one attached hydrogen (secondary N) is 1. The van der Waals surface area contributed by atoms with E-state index < -0.39 is 0 Å². The van der Waals surface area contributed by atoms with Gasteiger partial charge in [0.25, 0.3) is 0 Å². The molecule has 0 radical (unpaired) electrons. The Morgan fingerprint density at radius 2 is 2.24 bits per heavy atom. The number of hydrogen-bond donors (Lipinski definition) is 1. The van der Waals surface area contributed by atoms with E-state index in [0.29, 0.717) is 12.1 Å². The molecular formula is C16H26N4O. The van der Waals surface area contributed by atoms with Gasteiger partial charge < -0.3 is 10.1 Å². The van der Waals surface area contributed by atoms with Crippen LogP contribution in [-0.4, -0.2) is 73.3 Å². The molecule has 3 rings (SSSR count). The summed E-state index contributed by atoms with van der Waals surface area (Å²) < 4.78 is 5.48. The van der Waals surface area contributed by atoms with Crippen LogP contribution in [0.2, 0.25) is 0 Å². The zero-order valence-corrected chi connectivity index (χ0v) is 12.9. The normalized spacial score (nSPS) is 26.6. The smallest absolute Gasteiger partial charge is 0.0594 e. The molecule has 0 aromatic carbocycles. The minimum atomic E-state index is 0.425. The van der Waals surface area contributed by atoms with Gasteiger partial charge in [0, 0.05) is 63.7 Å². The predicted molar refractivity (Wildman–Crippen MR) is 83.3 cm³/mol. The number of piperazine rings is 1. The molecule has 1 aromatic rings. The second kappa shape index (κ2) is 7.31. The van der Waals surface area contributed by atoms with Crippen LogP contribution in [0, 0.1) is 0 Å². The zero-order valence-electron chi connectivity index (χ0n) is 12.9. The third-order valence-corrected chi connectivity index (χ3v) is 4.56. The van der Waals surface area contributed by atoms with Crippen molar-refractivity contribution < 1.29 is 4.74 Å². The average Bonchev–Trinajstić information content (AvgIpc) is 2.55. The molecule has 1 N–H and O–H groups in total. The maximum atomic E-state index is 5.48. The van der Waals surface area contributed by atoms with Crippen molar-refractivity contribution in [3.05, 3.63) is 30.1 Å². The summed E-state index contributed by atoms with van der Waals surface area (Å²) in [5.41, 5.74) is 1.33. The lowest BCUT2D eigenvalue weighted by molar-refractivity contribution is 0.0137. The molecule has 0 spiro atoms. The molecule has 0 saturated carbocycles. The molecule has 2 fully saturated rings. The van der Waals surface area contributed by atoms with Crippen LogP contribution in [0.4, 0.5) is 0 Å². The van der Waals surface area contributed by atoms with Crippen LogP contribution in [0.1, 0.15) is 18.5 Å². The van der Waals surface area contributed by atoms with E-state index in [0.717, 1.165) is 52.5 Å². The van der Waals surface area contributed by atoms with Gasteiger partial charge in [0.1, 0.15) is 0 Å². The Labute approximate surface area is 127 Å². The summed E-state index contributed by atoms with van der Waals surface area (Å²) in [5.74, 6) is 0. The standard InChI is InChI=1S/C16H26N4O/c1-14-11-18-5-6-20(14)16(15-3-2-4-17-12-15)13-19-7-9-21-10-8-19/h2-4,12,14,16,18H,5-11,13H2,1H3. The van der Waals surface area contributed by atoms with E-state index in [4.69, 9.17) is 4.74 Å². The van der Waals surface area contributed by atoms with E-state index >= 15 is 0 Å². The lowest BCUT2D eigenvalue weighted by atomic mass is 10.0. The molecule has 1 aromatic heterocycles. The van der Waals surface area contributed by atoms with Gasteiger partial charge in [-0.25, -0.2) is 0 Å². The minimum Gasteiger partial charge on any atom is -0.379 e. The molecule has 2 saturated heterocycles. The maximum Gasteiger partial charge on any atom is 0.0594 e. The van der Waals surface area contributed by atoms with Crippen LogP contribution in [0.15, 0.2) is 24.5 Å². The van der Waals surface area contributed by atoms with Gasteiger partial charge in [0.15, 0.2) is 0 Å². The number of rotatable bonds is 4. The molecule has 2 aliphatic heterocycles. The topological polar surface area (TPSA) is 40.6 Å². The van der Waals surface area contributed by atoms with E-state index in [-0.39, 0.29) is 0 Å². The molecule has 2 unspecified atom stereocenters. The molecule has 0 amide bonds. The summed E-state index contributed by atoms with van der Waals surface area (Å²) >= 11 is 0. The highest BCUT2D eigenvalue weighted by Crippen LogP contribution is 2.24. The molecule has 5 heteroatoms. The van der Waals surface area contributed by atoms with E-state index in [1.165, 1.54) is 5.56 Å². The molecule has 0 aliphatic carbocycles. The van der Waals surface area contributed by atoms with E-state index in [1.807, 2.05) is 12.4 Å². The highest BCUT2D eigenvalue weighted by atomic mass is 16.5. The van der Waals surface area contributed by atoms with Crippen LogP contribution in [0.25, 0.3) is 0 Å². The number of ether oxygens (including phenoxy) is 1. The van der Waals surface area contributed by atoms with Gasteiger partial charge >= 0.3 is 0 Å². The van der Waals surface area contributed by atoms with Gasteiger partial charge in [0.05, 0.1) is 13.2 Å². The second-order valence-electron chi connectivity index (χ2n) is 6.01. The van der Waals surface area contributed by atoms with Gasteiger partial charge in [-0.1, -0.05) is 6.07 Å². The first-order chi connectivity index (χ1) is 10.3. The van der Waals surface area contributed by atoms with E-state index in [1.54, 1.807) is 0 Å². The predicted octanol–water partition coefficient (Wildman–Crippen LogP) is 0.749. The summed E-state index contributed by atoms with van der Waals surface area (Å²) in [6.07, 6.45) is 3.89. The number of pyridine rings is 1. The molecule has 0 bridgehead atoms. The van der Waals surface area contributed by atoms with Crippen molar-refractivity contribution in [2.45, 2.75) is 19.0 Å². The number of hydrogen-bond acceptors (Lipinski definition) is 5. The number of aromatic nitrogens is 1. The molecule has 116 valence electrons. The Balaban J connectivity index is 1.76. The van der Waals surface area contributed by atoms with Gasteiger partial charge in [0.2, 0.25) is 0 Å². The summed E-state index contributed by atoms with van der Waals surface area (Å²) in [6.45, 7) is 10.4. The fraction of sp³-hybridized carbons (Fsp3) is 0.688. The average molecular weight is 290 g/mol. The van der Waals surface area contributed by atoms with Gasteiger partial charge in [-0.05, 0) is 18.6 Å². The van der Waals surface area contributed by atoms with Crippen LogP contribution >= 0.6 is 0 Å². The van der Waals surface area contributed by atoms with Crippen LogP contribution < -0.4 is 5.32 Å². The monoisotopic (exact) mass is 290 g/mol. The fourth-order valence-corrected chi connectivity index (χ4v) is 3.32. The first-order valence-electron chi connectivity index (χ1n) is 8.01. The zero-order chi connectivity index (χ0) is 14.5. The fourth-order valence-electron chi connectivity index (χ4n) is 3.32. The highest BCUT2D eigenvalue weighted by Gasteiger charge is 2.29. The van der Waals surface area contributed by atoms with E-state index in [9.17, 15) is 0 Å². The molecule has 3 heterocycles. The van der Waals surface area contributed by atoms with Gasteiger partial charge in [-0.15, -0.1) is 0 Å². The van der Waals surface area contributed by atoms with Crippen molar-refractivity contribution in [1.82, 2.24) is 20.1 Å². The van der Waals surface area contributed by atoms with Gasteiger partial charge in [-0.2, -0.15) is 0 Å². The minimum absolute atomic E-state index is 0.425. The van der Waals surface area contributed by atoms with Crippen molar-refractivity contribution in [1.29, 1.82) is 0 Å². The van der Waals surface area contributed by atoms with Crippen molar-refractivity contribution >= 4 is 0 Å². The lowest BCUT2D eigenvalue weighted by Crippen LogP contribution is -2.53. The molecular weight excluding hydrogens is 264 g/mol. The Morgan fingerprint density at radius 3 is 2.95 bits per heavy atom. The first-order valence-corrected chi connectivity index (χ1v) is 8.01. The van der Waals surface area contributed by atoms with Crippen LogP contribution in [-0.2, 0) is 4.74 Å². The SMILES string of the molecule is CC1CNCCN1C(CN1CCOCC1)c1cccnc1. The van der Waals surface area contributed by atoms with Crippen LogP contribution in [0.5, 0.6) is 0 Å². The Hall–Kier alpha value is -1.01. The number of morpholine rings is 1. The Kier molecular flexibility index (Phi) is 5.19. The largest absolute Gasteiger partial charge is 0.379 e. The van der Waals surface area contributed by atoms with E-state index in [2.05, 4.69) is 39.2 Å². The summed E-state index contributed by atoms with van der Waals surface area (Å²) in [4.78, 5) is 9.48. The third-order valence-electron chi connectivity index (χ3n) is 4.56. The summed E-state index contributed by atoms with van der Waals surface area (Å²) in [7, 11) is 0. The van der Waals surface area contributed by atoms with Crippen molar-refractivity contribution in [2.75, 3.05) is 52.5 Å². The number of nitrogens with zero attached hydrogens (tertiary/aromatic N) is 3. The molecule has 2 atom stereocenters. The van der Waals surface area contributed by atoms with Crippen molar-refractivity contribution in [3.63, 3.8) is 0 Å². The highest BCUT2D eigenvalue weighted by molar-refractivity contribution is 5.15. The first kappa shape index (κ1) is 14.9. The second-order valence-corrected chi connectivity index (χ2v) is 6.01. The Morgan fingerprint density at radius 1 is 1.38 bits per heavy atom. The molecule has 2 aliphatic rings. The van der Waals surface area contributed by atoms with Crippen molar-refractivity contribution in [2.24, 2.45) is 0 Å². The molecule has 21 heavy (non-hydrogen) atoms. The van der Waals surface area contributed by atoms with Crippen LogP contribution in [0.3, 0.4) is 0 Å². The summed E-state index contributed by atoms with van der Waals surface area (Å²) in [6, 6.07) is 5.25. The maximum absolute atomic E-state index is 5.48. The van der Waals surface area contributed by atoms with Crippen molar-refractivity contribution in [3.8, 4) is 0 Å². The molecule has 5 nitrogen and oxygen atoms in total. The summed E-state index contributed by atoms with van der Waals surface area (Å²) in [5, 5.41) is 3.48. The lowest BCUT2D eigenvalue weighted by Gasteiger charge is -2.42. The quantitative estimate of drug-likeness (QED) is 0.886. The van der Waals surface area contributed by atoms with Gasteiger partial charge in [-0.3, -0.25) is 14.8 Å². The third kappa shape index (κ3) is 3.80.